The molecule has 9 heteroatoms. The van der Waals surface area contributed by atoms with Crippen molar-refractivity contribution < 1.29 is 18.7 Å². The van der Waals surface area contributed by atoms with Gasteiger partial charge in [-0.1, -0.05) is 23.9 Å². The van der Waals surface area contributed by atoms with Gasteiger partial charge in [-0.15, -0.1) is 5.10 Å². The summed E-state index contributed by atoms with van der Waals surface area (Å²) in [6.07, 6.45) is 0. The molecule has 3 aromatic rings. The highest BCUT2D eigenvalue weighted by atomic mass is 32.2. The number of rotatable bonds is 5. The van der Waals surface area contributed by atoms with Crippen LogP contribution in [0.25, 0.3) is 11.4 Å². The van der Waals surface area contributed by atoms with Crippen LogP contribution in [0.3, 0.4) is 0 Å². The van der Waals surface area contributed by atoms with Gasteiger partial charge in [0.1, 0.15) is 19.0 Å². The molecular weight excluding hydrogens is 383 g/mol. The molecule has 4 rings (SSSR count). The van der Waals surface area contributed by atoms with Crippen LogP contribution in [0, 0.1) is 5.82 Å². The number of nitrogens with zero attached hydrogens (tertiary/aromatic N) is 2. The van der Waals surface area contributed by atoms with Gasteiger partial charge in [-0.05, 0) is 31.2 Å². The standard InChI is InChI=1S/C19H17FN4O3S/c1-11(18(25)21-12-6-7-15-16(10-12)27-9-8-26-15)28-19-22-17(23-24-19)13-4-2-3-5-14(13)20/h2-7,10-11H,8-9H2,1H3,(H,21,25)(H,22,23,24)/t11-/m1/s1. The third-order valence-electron chi connectivity index (χ3n) is 4.05. The van der Waals surface area contributed by atoms with Crippen molar-refractivity contribution in [3.05, 3.63) is 48.3 Å². The Labute approximate surface area is 164 Å². The van der Waals surface area contributed by atoms with Crippen molar-refractivity contribution in [1.82, 2.24) is 15.2 Å². The Hall–Kier alpha value is -3.07. The minimum atomic E-state index is -0.461. The van der Waals surface area contributed by atoms with Crippen molar-refractivity contribution in [3.63, 3.8) is 0 Å². The van der Waals surface area contributed by atoms with Gasteiger partial charge in [0.25, 0.3) is 0 Å². The lowest BCUT2D eigenvalue weighted by Gasteiger charge is -2.19. The number of thioether (sulfide) groups is 1. The Balaban J connectivity index is 1.40. The maximum atomic E-state index is 13.9. The van der Waals surface area contributed by atoms with Gasteiger partial charge in [0.15, 0.2) is 17.3 Å². The highest BCUT2D eigenvalue weighted by Crippen LogP contribution is 2.33. The minimum Gasteiger partial charge on any atom is -0.486 e. The van der Waals surface area contributed by atoms with Crippen LogP contribution in [-0.4, -0.2) is 39.6 Å². The Morgan fingerprint density at radius 3 is 2.82 bits per heavy atom. The molecule has 0 saturated carbocycles. The van der Waals surface area contributed by atoms with Crippen molar-refractivity contribution in [2.75, 3.05) is 18.5 Å². The molecule has 0 fully saturated rings. The average molecular weight is 400 g/mol. The second kappa shape index (κ2) is 7.89. The van der Waals surface area contributed by atoms with Crippen LogP contribution in [-0.2, 0) is 4.79 Å². The number of anilines is 1. The highest BCUT2D eigenvalue weighted by molar-refractivity contribution is 8.00. The monoisotopic (exact) mass is 400 g/mol. The normalized spacial score (nSPS) is 13.8. The zero-order valence-corrected chi connectivity index (χ0v) is 15.8. The number of amides is 1. The lowest BCUT2D eigenvalue weighted by Crippen LogP contribution is -2.23. The Morgan fingerprint density at radius 2 is 2.00 bits per heavy atom. The molecule has 1 aliphatic heterocycles. The van der Waals surface area contributed by atoms with Crippen molar-refractivity contribution >= 4 is 23.4 Å². The molecule has 1 atom stereocenters. The predicted octanol–water partition coefficient (Wildman–Crippen LogP) is 3.50. The molecule has 2 N–H and O–H groups in total. The molecule has 144 valence electrons. The van der Waals surface area contributed by atoms with Gasteiger partial charge in [0, 0.05) is 11.8 Å². The van der Waals surface area contributed by atoms with Gasteiger partial charge in [0.2, 0.25) is 11.1 Å². The molecule has 0 aliphatic carbocycles. The maximum absolute atomic E-state index is 13.9. The van der Waals surface area contributed by atoms with E-state index in [0.29, 0.717) is 46.9 Å². The van der Waals surface area contributed by atoms with Crippen molar-refractivity contribution in [2.45, 2.75) is 17.3 Å². The molecule has 2 heterocycles. The smallest absolute Gasteiger partial charge is 0.237 e. The third kappa shape index (κ3) is 3.94. The molecule has 0 bridgehead atoms. The summed E-state index contributed by atoms with van der Waals surface area (Å²) in [7, 11) is 0. The molecule has 0 saturated heterocycles. The summed E-state index contributed by atoms with van der Waals surface area (Å²) in [5, 5.41) is 9.51. The number of hydrogen-bond acceptors (Lipinski definition) is 6. The second-order valence-electron chi connectivity index (χ2n) is 6.05. The van der Waals surface area contributed by atoms with E-state index in [1.54, 1.807) is 43.3 Å². The van der Waals surface area contributed by atoms with E-state index in [0.717, 1.165) is 0 Å². The molecule has 28 heavy (non-hydrogen) atoms. The van der Waals surface area contributed by atoms with Crippen molar-refractivity contribution in [1.29, 1.82) is 0 Å². The minimum absolute atomic E-state index is 0.209. The lowest BCUT2D eigenvalue weighted by atomic mass is 10.2. The van der Waals surface area contributed by atoms with E-state index in [1.807, 2.05) is 0 Å². The first-order valence-corrected chi connectivity index (χ1v) is 9.52. The van der Waals surface area contributed by atoms with E-state index < -0.39 is 5.25 Å². The summed E-state index contributed by atoms with van der Waals surface area (Å²) in [6, 6.07) is 11.5. The Morgan fingerprint density at radius 1 is 1.21 bits per heavy atom. The summed E-state index contributed by atoms with van der Waals surface area (Å²) < 4.78 is 24.8. The quantitative estimate of drug-likeness (QED) is 0.637. The van der Waals surface area contributed by atoms with Gasteiger partial charge < -0.3 is 14.8 Å². The van der Waals surface area contributed by atoms with Gasteiger partial charge >= 0.3 is 0 Å². The van der Waals surface area contributed by atoms with Crippen molar-refractivity contribution in [2.24, 2.45) is 0 Å². The van der Waals surface area contributed by atoms with Crippen LogP contribution in [0.4, 0.5) is 10.1 Å². The van der Waals surface area contributed by atoms with E-state index in [9.17, 15) is 9.18 Å². The van der Waals surface area contributed by atoms with E-state index >= 15 is 0 Å². The number of ether oxygens (including phenoxy) is 2. The lowest BCUT2D eigenvalue weighted by molar-refractivity contribution is -0.115. The fourth-order valence-corrected chi connectivity index (χ4v) is 3.37. The van der Waals surface area contributed by atoms with Crippen LogP contribution >= 0.6 is 11.8 Å². The van der Waals surface area contributed by atoms with Crippen LogP contribution < -0.4 is 14.8 Å². The molecule has 1 aliphatic rings. The Bertz CT molecular complexity index is 1010. The first-order chi connectivity index (χ1) is 13.6. The van der Waals surface area contributed by atoms with E-state index in [-0.39, 0.29) is 11.7 Å². The molecule has 0 spiro atoms. The number of nitrogens with one attached hydrogen (secondary N) is 2. The van der Waals surface area contributed by atoms with Crippen LogP contribution in [0.15, 0.2) is 47.6 Å². The second-order valence-corrected chi connectivity index (χ2v) is 7.36. The topological polar surface area (TPSA) is 89.1 Å². The zero-order valence-electron chi connectivity index (χ0n) is 14.9. The molecule has 7 nitrogen and oxygen atoms in total. The van der Waals surface area contributed by atoms with Gasteiger partial charge in [-0.2, -0.15) is 0 Å². The van der Waals surface area contributed by atoms with E-state index in [1.165, 1.54) is 17.8 Å². The molecular formula is C19H17FN4O3S. The number of carbonyl (C=O) groups is 1. The maximum Gasteiger partial charge on any atom is 0.237 e. The number of aromatic nitrogens is 3. The first kappa shape index (κ1) is 18.3. The number of carbonyl (C=O) groups excluding carboxylic acids is 1. The van der Waals surface area contributed by atoms with Crippen molar-refractivity contribution in [3.8, 4) is 22.9 Å². The number of benzene rings is 2. The molecule has 0 radical (unpaired) electrons. The number of fused-ring (bicyclic) bond motifs is 1. The number of halogens is 1. The molecule has 0 unspecified atom stereocenters. The summed E-state index contributed by atoms with van der Waals surface area (Å²) >= 11 is 1.18. The third-order valence-corrected chi connectivity index (χ3v) is 5.02. The van der Waals surface area contributed by atoms with Crippen LogP contribution in [0.1, 0.15) is 6.92 Å². The van der Waals surface area contributed by atoms with Gasteiger partial charge in [-0.25, -0.2) is 9.37 Å². The van der Waals surface area contributed by atoms with E-state index in [4.69, 9.17) is 9.47 Å². The summed E-state index contributed by atoms with van der Waals surface area (Å²) in [5.74, 6) is 0.986. The molecule has 2 aromatic carbocycles. The van der Waals surface area contributed by atoms with E-state index in [2.05, 4.69) is 20.5 Å². The molecule has 1 aromatic heterocycles. The fraction of sp³-hybridized carbons (Fsp3) is 0.211. The summed E-state index contributed by atoms with van der Waals surface area (Å²) in [4.78, 5) is 16.8. The molecule has 1 amide bonds. The number of aromatic amines is 1. The summed E-state index contributed by atoms with van der Waals surface area (Å²) in [5.41, 5.74) is 0.943. The average Bonchev–Trinajstić information content (AvgIpc) is 3.16. The highest BCUT2D eigenvalue weighted by Gasteiger charge is 2.19. The largest absolute Gasteiger partial charge is 0.486 e. The van der Waals surface area contributed by atoms with Crippen LogP contribution in [0.2, 0.25) is 0 Å². The Kier molecular flexibility index (Phi) is 5.16. The first-order valence-electron chi connectivity index (χ1n) is 8.64. The van der Waals surface area contributed by atoms with Crippen LogP contribution in [0.5, 0.6) is 11.5 Å². The fourth-order valence-electron chi connectivity index (χ4n) is 2.65. The SMILES string of the molecule is C[C@@H](Sc1n[nH]c(-c2ccccc2F)n1)C(=O)Nc1ccc2c(c1)OCCO2. The number of H-pyrrole nitrogens is 1. The predicted molar refractivity (Wildman–Crippen MR) is 103 cm³/mol. The van der Waals surface area contributed by atoms with Gasteiger partial charge in [0.05, 0.1) is 10.8 Å². The zero-order chi connectivity index (χ0) is 19.5. The summed E-state index contributed by atoms with van der Waals surface area (Å²) in [6.45, 7) is 2.74. The number of hydrogen-bond donors (Lipinski definition) is 2. The van der Waals surface area contributed by atoms with Gasteiger partial charge in [-0.3, -0.25) is 9.89 Å².